The van der Waals surface area contributed by atoms with E-state index in [9.17, 15) is 9.90 Å². The van der Waals surface area contributed by atoms with Crippen LogP contribution in [0.2, 0.25) is 10.0 Å². The third kappa shape index (κ3) is 4.17. The van der Waals surface area contributed by atoms with Gasteiger partial charge >= 0.3 is 0 Å². The fourth-order valence-electron chi connectivity index (χ4n) is 1.65. The number of rotatable bonds is 5. The van der Waals surface area contributed by atoms with E-state index in [-0.39, 0.29) is 12.3 Å². The monoisotopic (exact) mass is 328 g/mol. The number of aromatic nitrogens is 3. The van der Waals surface area contributed by atoms with Gasteiger partial charge in [0.2, 0.25) is 5.91 Å². The van der Waals surface area contributed by atoms with Gasteiger partial charge in [-0.25, -0.2) is 0 Å². The highest BCUT2D eigenvalue weighted by atomic mass is 35.5. The molecule has 0 spiro atoms. The van der Waals surface area contributed by atoms with Crippen LogP contribution in [0.15, 0.2) is 24.4 Å². The molecule has 0 fully saturated rings. The van der Waals surface area contributed by atoms with Crippen molar-refractivity contribution in [2.75, 3.05) is 5.32 Å². The average Bonchev–Trinajstić information content (AvgIpc) is 2.90. The van der Waals surface area contributed by atoms with E-state index in [1.165, 1.54) is 4.68 Å². The minimum Gasteiger partial charge on any atom is -0.387 e. The standard InChI is InChI=1S/C13H14Cl2N4O2/c1-8(20)11-7-19(18-17-11)6-5-12(21)16-13-9(14)3-2-4-10(13)15/h2-4,7-8,20H,5-6H2,1H3,(H,16,21). The summed E-state index contributed by atoms with van der Waals surface area (Å²) in [4.78, 5) is 11.9. The molecule has 1 amide bonds. The number of hydrogen-bond acceptors (Lipinski definition) is 4. The summed E-state index contributed by atoms with van der Waals surface area (Å²) in [7, 11) is 0. The SMILES string of the molecule is CC(O)c1cn(CCC(=O)Nc2c(Cl)cccc2Cl)nn1. The Labute approximate surface area is 131 Å². The van der Waals surface area contributed by atoms with Crippen LogP contribution in [0, 0.1) is 0 Å². The predicted molar refractivity (Wildman–Crippen MR) is 80.4 cm³/mol. The minimum absolute atomic E-state index is 0.185. The first-order chi connectivity index (χ1) is 9.97. The van der Waals surface area contributed by atoms with Crippen LogP contribution in [0.1, 0.15) is 25.1 Å². The summed E-state index contributed by atoms with van der Waals surface area (Å²) >= 11 is 11.9. The molecule has 1 heterocycles. The zero-order valence-corrected chi connectivity index (χ0v) is 12.8. The van der Waals surface area contributed by atoms with E-state index in [4.69, 9.17) is 23.2 Å². The lowest BCUT2D eigenvalue weighted by Gasteiger charge is -2.08. The molecular formula is C13H14Cl2N4O2. The van der Waals surface area contributed by atoms with Crippen LogP contribution in [0.5, 0.6) is 0 Å². The minimum atomic E-state index is -0.686. The second kappa shape index (κ2) is 6.89. The van der Waals surface area contributed by atoms with Gasteiger partial charge in [-0.3, -0.25) is 9.48 Å². The Balaban J connectivity index is 1.93. The van der Waals surface area contributed by atoms with Gasteiger partial charge in [0.15, 0.2) is 0 Å². The van der Waals surface area contributed by atoms with Gasteiger partial charge in [0.05, 0.1) is 34.6 Å². The number of halogens is 2. The smallest absolute Gasteiger partial charge is 0.226 e. The normalized spacial score (nSPS) is 12.2. The maximum absolute atomic E-state index is 11.9. The van der Waals surface area contributed by atoms with Crippen LogP contribution >= 0.6 is 23.2 Å². The molecule has 0 saturated carbocycles. The lowest BCUT2D eigenvalue weighted by atomic mass is 10.3. The summed E-state index contributed by atoms with van der Waals surface area (Å²) in [6, 6.07) is 5.00. The van der Waals surface area contributed by atoms with Crippen molar-refractivity contribution in [3.63, 3.8) is 0 Å². The summed E-state index contributed by atoms with van der Waals surface area (Å²) in [5.41, 5.74) is 0.860. The highest BCUT2D eigenvalue weighted by Crippen LogP contribution is 2.29. The molecule has 6 nitrogen and oxygen atoms in total. The summed E-state index contributed by atoms with van der Waals surface area (Å²) in [6.45, 7) is 1.94. The Bertz CT molecular complexity index is 623. The summed E-state index contributed by atoms with van der Waals surface area (Å²) in [5.74, 6) is -0.237. The first-order valence-electron chi connectivity index (χ1n) is 6.29. The van der Waals surface area contributed by atoms with E-state index in [2.05, 4.69) is 15.6 Å². The Morgan fingerprint density at radius 3 is 2.67 bits per heavy atom. The Kier molecular flexibility index (Phi) is 5.17. The van der Waals surface area contributed by atoms with Crippen molar-refractivity contribution in [1.82, 2.24) is 15.0 Å². The molecule has 2 N–H and O–H groups in total. The van der Waals surface area contributed by atoms with Gasteiger partial charge in [-0.1, -0.05) is 34.5 Å². The van der Waals surface area contributed by atoms with E-state index in [1.807, 2.05) is 0 Å². The molecule has 1 unspecified atom stereocenters. The number of aliphatic hydroxyl groups excluding tert-OH is 1. The van der Waals surface area contributed by atoms with Gasteiger partial charge in [-0.2, -0.15) is 0 Å². The maximum atomic E-state index is 11.9. The Morgan fingerprint density at radius 2 is 2.10 bits per heavy atom. The van der Waals surface area contributed by atoms with Crippen molar-refractivity contribution in [3.05, 3.63) is 40.1 Å². The quantitative estimate of drug-likeness (QED) is 0.884. The van der Waals surface area contributed by atoms with Crippen molar-refractivity contribution >= 4 is 34.8 Å². The second-order valence-corrected chi connectivity index (χ2v) is 5.29. The number of hydrogen-bond donors (Lipinski definition) is 2. The van der Waals surface area contributed by atoms with E-state index < -0.39 is 6.10 Å². The van der Waals surface area contributed by atoms with Crippen molar-refractivity contribution in [2.45, 2.75) is 26.0 Å². The molecule has 112 valence electrons. The number of aliphatic hydroxyl groups is 1. The van der Waals surface area contributed by atoms with Crippen molar-refractivity contribution in [1.29, 1.82) is 0 Å². The van der Waals surface area contributed by atoms with E-state index in [0.717, 1.165) is 0 Å². The number of aryl methyl sites for hydroxylation is 1. The van der Waals surface area contributed by atoms with Gasteiger partial charge in [-0.15, -0.1) is 5.10 Å². The molecule has 0 aliphatic carbocycles. The summed E-state index contributed by atoms with van der Waals surface area (Å²) in [5, 5.41) is 20.4. The van der Waals surface area contributed by atoms with Gasteiger partial charge < -0.3 is 10.4 Å². The number of nitrogens with zero attached hydrogens (tertiary/aromatic N) is 3. The molecule has 21 heavy (non-hydrogen) atoms. The van der Waals surface area contributed by atoms with Gasteiger partial charge in [-0.05, 0) is 19.1 Å². The number of anilines is 1. The number of carbonyl (C=O) groups is 1. The van der Waals surface area contributed by atoms with E-state index in [1.54, 1.807) is 31.3 Å². The highest BCUT2D eigenvalue weighted by Gasteiger charge is 2.11. The first-order valence-corrected chi connectivity index (χ1v) is 7.05. The molecule has 0 aliphatic heterocycles. The number of nitrogens with one attached hydrogen (secondary N) is 1. The molecular weight excluding hydrogens is 315 g/mol. The Morgan fingerprint density at radius 1 is 1.43 bits per heavy atom. The number of para-hydroxylation sites is 1. The molecule has 8 heteroatoms. The Hall–Kier alpha value is -1.63. The molecule has 0 bridgehead atoms. The lowest BCUT2D eigenvalue weighted by Crippen LogP contribution is -2.15. The average molecular weight is 329 g/mol. The van der Waals surface area contributed by atoms with E-state index >= 15 is 0 Å². The zero-order chi connectivity index (χ0) is 15.4. The molecule has 1 aromatic carbocycles. The van der Waals surface area contributed by atoms with Crippen molar-refractivity contribution in [3.8, 4) is 0 Å². The summed E-state index contributed by atoms with van der Waals surface area (Å²) in [6.07, 6.45) is 1.10. The summed E-state index contributed by atoms with van der Waals surface area (Å²) < 4.78 is 1.50. The lowest BCUT2D eigenvalue weighted by molar-refractivity contribution is -0.116. The molecule has 1 atom stereocenters. The second-order valence-electron chi connectivity index (χ2n) is 4.48. The van der Waals surface area contributed by atoms with Crippen LogP contribution in [0.4, 0.5) is 5.69 Å². The number of amides is 1. The number of carbonyl (C=O) groups excluding carboxylic acids is 1. The fourth-order valence-corrected chi connectivity index (χ4v) is 2.14. The fraction of sp³-hybridized carbons (Fsp3) is 0.308. The molecule has 0 saturated heterocycles. The largest absolute Gasteiger partial charge is 0.387 e. The van der Waals surface area contributed by atoms with Crippen molar-refractivity contribution < 1.29 is 9.90 Å². The van der Waals surface area contributed by atoms with Crippen LogP contribution in [0.25, 0.3) is 0 Å². The predicted octanol–water partition coefficient (Wildman–Crippen LogP) is 2.67. The zero-order valence-electron chi connectivity index (χ0n) is 11.3. The van der Waals surface area contributed by atoms with Crippen LogP contribution in [-0.2, 0) is 11.3 Å². The van der Waals surface area contributed by atoms with E-state index in [0.29, 0.717) is 28.0 Å². The number of benzene rings is 1. The maximum Gasteiger partial charge on any atom is 0.226 e. The molecule has 0 radical (unpaired) electrons. The molecule has 0 aliphatic rings. The van der Waals surface area contributed by atoms with Crippen LogP contribution in [-0.4, -0.2) is 26.0 Å². The third-order valence-corrected chi connectivity index (χ3v) is 3.41. The van der Waals surface area contributed by atoms with Crippen molar-refractivity contribution in [2.24, 2.45) is 0 Å². The van der Waals surface area contributed by atoms with Gasteiger partial charge in [0.25, 0.3) is 0 Å². The first kappa shape index (κ1) is 15.8. The topological polar surface area (TPSA) is 80.0 Å². The van der Waals surface area contributed by atoms with Crippen LogP contribution in [0.3, 0.4) is 0 Å². The molecule has 1 aromatic heterocycles. The van der Waals surface area contributed by atoms with Gasteiger partial charge in [0.1, 0.15) is 5.69 Å². The van der Waals surface area contributed by atoms with Crippen LogP contribution < -0.4 is 5.32 Å². The van der Waals surface area contributed by atoms with Gasteiger partial charge in [0, 0.05) is 6.42 Å². The molecule has 2 rings (SSSR count). The third-order valence-electron chi connectivity index (χ3n) is 2.78. The highest BCUT2D eigenvalue weighted by molar-refractivity contribution is 6.39. The molecule has 2 aromatic rings.